The topological polar surface area (TPSA) is 93.8 Å². The maximum absolute atomic E-state index is 12.6. The molecule has 6 nitrogen and oxygen atoms in total. The number of fused-ring (bicyclic) bond motifs is 1. The predicted molar refractivity (Wildman–Crippen MR) is 120 cm³/mol. The second kappa shape index (κ2) is 8.88. The molecule has 0 saturated heterocycles. The maximum atomic E-state index is 12.6. The van der Waals surface area contributed by atoms with Crippen LogP contribution < -0.4 is 11.1 Å². The van der Waals surface area contributed by atoms with Crippen LogP contribution in [0.5, 0.6) is 0 Å². The number of rotatable bonds is 7. The SMILES string of the molecule is Nc1nccc2cc(CCC(=O)c3cnc(NCc4cccnc4)c(Cl)c3)ccc12. The molecule has 0 saturated carbocycles. The number of carbonyl (C=O) groups excluding carboxylic acids is 1. The smallest absolute Gasteiger partial charge is 0.164 e. The molecule has 1 aromatic carbocycles. The molecule has 0 aliphatic carbocycles. The molecule has 0 fully saturated rings. The predicted octanol–water partition coefficient (Wildman–Crippen LogP) is 4.69. The summed E-state index contributed by atoms with van der Waals surface area (Å²) in [5.41, 5.74) is 8.48. The van der Waals surface area contributed by atoms with Gasteiger partial charge in [-0.2, -0.15) is 0 Å². The number of carbonyl (C=O) groups is 1. The van der Waals surface area contributed by atoms with Gasteiger partial charge >= 0.3 is 0 Å². The van der Waals surface area contributed by atoms with Gasteiger partial charge in [0, 0.05) is 48.7 Å². The molecule has 0 atom stereocenters. The number of hydrogen-bond acceptors (Lipinski definition) is 6. The third-order valence-electron chi connectivity index (χ3n) is 4.85. The summed E-state index contributed by atoms with van der Waals surface area (Å²) < 4.78 is 0. The summed E-state index contributed by atoms with van der Waals surface area (Å²) in [5, 5.41) is 5.51. The molecule has 0 bridgehead atoms. The lowest BCUT2D eigenvalue weighted by molar-refractivity contribution is 0.0982. The first-order valence-electron chi connectivity index (χ1n) is 9.55. The number of nitrogen functional groups attached to an aromatic ring is 1. The first kappa shape index (κ1) is 19.8. The van der Waals surface area contributed by atoms with Crippen molar-refractivity contribution >= 4 is 39.8 Å². The summed E-state index contributed by atoms with van der Waals surface area (Å²) in [6.07, 6.45) is 7.73. The summed E-state index contributed by atoms with van der Waals surface area (Å²) in [7, 11) is 0. The number of aryl methyl sites for hydroxylation is 1. The minimum absolute atomic E-state index is 0.00227. The molecule has 0 radical (unpaired) electrons. The van der Waals surface area contributed by atoms with E-state index in [1.54, 1.807) is 30.9 Å². The Morgan fingerprint density at radius 3 is 2.73 bits per heavy atom. The van der Waals surface area contributed by atoms with Crippen molar-refractivity contribution < 1.29 is 4.79 Å². The molecule has 150 valence electrons. The van der Waals surface area contributed by atoms with E-state index in [9.17, 15) is 4.79 Å². The van der Waals surface area contributed by atoms with Crippen LogP contribution in [0, 0.1) is 0 Å². The van der Waals surface area contributed by atoms with Crippen LogP contribution in [-0.2, 0) is 13.0 Å². The molecule has 0 amide bonds. The van der Waals surface area contributed by atoms with Gasteiger partial charge in [0.15, 0.2) is 5.78 Å². The van der Waals surface area contributed by atoms with Crippen molar-refractivity contribution in [1.29, 1.82) is 0 Å². The molecule has 30 heavy (non-hydrogen) atoms. The highest BCUT2D eigenvalue weighted by Gasteiger charge is 2.11. The molecule has 3 heterocycles. The third kappa shape index (κ3) is 4.55. The second-order valence-corrected chi connectivity index (χ2v) is 7.35. The van der Waals surface area contributed by atoms with Gasteiger partial charge in [-0.3, -0.25) is 9.78 Å². The zero-order chi connectivity index (χ0) is 20.9. The van der Waals surface area contributed by atoms with Crippen LogP contribution in [0.25, 0.3) is 10.8 Å². The standard InChI is InChI=1S/C23H20ClN5O/c24-20-11-18(14-29-23(20)28-13-16-2-1-8-26-12-16)21(30)6-4-15-3-5-19-17(10-15)7-9-27-22(19)25/h1-3,5,7-12,14H,4,6,13H2,(H2,25,27)(H,28,29). The second-order valence-electron chi connectivity index (χ2n) is 6.94. The van der Waals surface area contributed by atoms with E-state index in [4.69, 9.17) is 17.3 Å². The van der Waals surface area contributed by atoms with Gasteiger partial charge in [0.25, 0.3) is 0 Å². The van der Waals surface area contributed by atoms with Crippen LogP contribution in [0.1, 0.15) is 27.9 Å². The van der Waals surface area contributed by atoms with Crippen LogP contribution >= 0.6 is 11.6 Å². The Hall–Kier alpha value is -3.51. The minimum Gasteiger partial charge on any atom is -0.383 e. The van der Waals surface area contributed by atoms with Crippen molar-refractivity contribution in [1.82, 2.24) is 15.0 Å². The Bertz CT molecular complexity index is 1200. The Morgan fingerprint density at radius 2 is 1.93 bits per heavy atom. The van der Waals surface area contributed by atoms with Crippen molar-refractivity contribution in [2.45, 2.75) is 19.4 Å². The molecular formula is C23H20ClN5O. The first-order chi connectivity index (χ1) is 14.6. The number of hydrogen-bond donors (Lipinski definition) is 2. The maximum Gasteiger partial charge on any atom is 0.164 e. The van der Waals surface area contributed by atoms with Crippen LogP contribution in [0.15, 0.2) is 67.3 Å². The summed E-state index contributed by atoms with van der Waals surface area (Å²) in [6.45, 7) is 0.551. The number of pyridine rings is 3. The van der Waals surface area contributed by atoms with E-state index < -0.39 is 0 Å². The number of benzene rings is 1. The van der Waals surface area contributed by atoms with Crippen molar-refractivity contribution in [2.75, 3.05) is 11.1 Å². The average Bonchev–Trinajstić information content (AvgIpc) is 2.77. The summed E-state index contributed by atoms with van der Waals surface area (Å²) >= 11 is 6.33. The monoisotopic (exact) mass is 417 g/mol. The average molecular weight is 418 g/mol. The van der Waals surface area contributed by atoms with E-state index >= 15 is 0 Å². The van der Waals surface area contributed by atoms with E-state index in [0.29, 0.717) is 41.6 Å². The fraction of sp³-hybridized carbons (Fsp3) is 0.130. The lowest BCUT2D eigenvalue weighted by Gasteiger charge is -2.09. The van der Waals surface area contributed by atoms with Crippen LogP contribution in [0.3, 0.4) is 0 Å². The number of nitrogens with one attached hydrogen (secondary N) is 1. The van der Waals surface area contributed by atoms with Crippen molar-refractivity contribution in [3.8, 4) is 0 Å². The van der Waals surface area contributed by atoms with E-state index in [-0.39, 0.29) is 5.78 Å². The van der Waals surface area contributed by atoms with Crippen LogP contribution in [-0.4, -0.2) is 20.7 Å². The Morgan fingerprint density at radius 1 is 1.03 bits per heavy atom. The Balaban J connectivity index is 1.39. The highest BCUT2D eigenvalue weighted by Crippen LogP contribution is 2.23. The van der Waals surface area contributed by atoms with Gasteiger partial charge in [0.2, 0.25) is 0 Å². The summed E-state index contributed by atoms with van der Waals surface area (Å²) in [6, 6.07) is 13.4. The van der Waals surface area contributed by atoms with Crippen molar-refractivity contribution in [2.24, 2.45) is 0 Å². The van der Waals surface area contributed by atoms with Gasteiger partial charge in [0.1, 0.15) is 11.6 Å². The van der Waals surface area contributed by atoms with E-state index in [0.717, 1.165) is 21.9 Å². The quantitative estimate of drug-likeness (QED) is 0.424. The lowest BCUT2D eigenvalue weighted by Crippen LogP contribution is -2.06. The first-order valence-corrected chi connectivity index (χ1v) is 9.92. The number of ketones is 1. The number of halogens is 1. The number of aromatic nitrogens is 3. The van der Waals surface area contributed by atoms with Crippen LogP contribution in [0.4, 0.5) is 11.6 Å². The van der Waals surface area contributed by atoms with Gasteiger partial charge in [-0.15, -0.1) is 0 Å². The van der Waals surface area contributed by atoms with Gasteiger partial charge in [-0.25, -0.2) is 9.97 Å². The zero-order valence-electron chi connectivity index (χ0n) is 16.2. The largest absolute Gasteiger partial charge is 0.383 e. The van der Waals surface area contributed by atoms with Crippen LogP contribution in [0.2, 0.25) is 5.02 Å². The molecule has 0 aliphatic heterocycles. The summed E-state index contributed by atoms with van der Waals surface area (Å²) in [5.74, 6) is 1.04. The molecule has 3 aromatic heterocycles. The Kier molecular flexibility index (Phi) is 5.86. The third-order valence-corrected chi connectivity index (χ3v) is 5.13. The van der Waals surface area contributed by atoms with E-state index in [1.807, 2.05) is 36.4 Å². The molecular weight excluding hydrogens is 398 g/mol. The normalized spacial score (nSPS) is 10.8. The number of anilines is 2. The molecule has 7 heteroatoms. The van der Waals surface area contributed by atoms with Gasteiger partial charge in [-0.1, -0.05) is 35.9 Å². The number of Topliss-reactive ketones (excluding diaryl/α,β-unsaturated/α-hetero) is 1. The van der Waals surface area contributed by atoms with E-state index in [2.05, 4.69) is 20.3 Å². The Labute approximate surface area is 179 Å². The number of nitrogens with zero attached hydrogens (tertiary/aromatic N) is 3. The molecule has 3 N–H and O–H groups in total. The van der Waals surface area contributed by atoms with Gasteiger partial charge in [-0.05, 0) is 41.1 Å². The molecule has 4 rings (SSSR count). The van der Waals surface area contributed by atoms with Gasteiger partial charge in [0.05, 0.1) is 5.02 Å². The van der Waals surface area contributed by atoms with Crippen molar-refractivity contribution in [3.05, 3.63) is 89.0 Å². The molecule has 0 aliphatic rings. The fourth-order valence-corrected chi connectivity index (χ4v) is 3.45. The fourth-order valence-electron chi connectivity index (χ4n) is 3.22. The van der Waals surface area contributed by atoms with E-state index in [1.165, 1.54) is 0 Å². The van der Waals surface area contributed by atoms with Gasteiger partial charge < -0.3 is 11.1 Å². The zero-order valence-corrected chi connectivity index (χ0v) is 16.9. The molecule has 0 unspecified atom stereocenters. The van der Waals surface area contributed by atoms with Crippen molar-refractivity contribution in [3.63, 3.8) is 0 Å². The highest BCUT2D eigenvalue weighted by atomic mass is 35.5. The summed E-state index contributed by atoms with van der Waals surface area (Å²) in [4.78, 5) is 25.1. The molecule has 0 spiro atoms. The minimum atomic E-state index is -0.00227. The highest BCUT2D eigenvalue weighted by molar-refractivity contribution is 6.33. The molecule has 4 aromatic rings. The number of nitrogens with two attached hydrogens (primary N) is 1. The lowest BCUT2D eigenvalue weighted by atomic mass is 10.0.